The zero-order valence-corrected chi connectivity index (χ0v) is 14.8. The number of rotatable bonds is 6. The summed E-state index contributed by atoms with van der Waals surface area (Å²) >= 11 is 0. The second-order valence-electron chi connectivity index (χ2n) is 6.60. The first kappa shape index (κ1) is 18.0. The van der Waals surface area contributed by atoms with E-state index in [9.17, 15) is 0 Å². The number of hydrogen-bond acceptors (Lipinski definition) is 1. The molecule has 2 heteroatoms. The van der Waals surface area contributed by atoms with Crippen molar-refractivity contribution in [2.45, 2.75) is 50.6 Å². The maximum absolute atomic E-state index is 2.64. The van der Waals surface area contributed by atoms with Crippen molar-refractivity contribution in [1.29, 1.82) is 0 Å². The van der Waals surface area contributed by atoms with E-state index in [4.69, 9.17) is 0 Å². The Balaban J connectivity index is 0.00000192. The number of halogens is 1. The molecule has 23 heavy (non-hydrogen) atoms. The molecular formula is C21H28ClN. The highest BCUT2D eigenvalue weighted by molar-refractivity contribution is 5.85. The molecule has 0 spiro atoms. The summed E-state index contributed by atoms with van der Waals surface area (Å²) in [6.07, 6.45) is 7.73. The molecule has 0 unspecified atom stereocenters. The van der Waals surface area contributed by atoms with Crippen molar-refractivity contribution in [2.24, 2.45) is 0 Å². The summed E-state index contributed by atoms with van der Waals surface area (Å²) in [6, 6.07) is 23.3. The van der Waals surface area contributed by atoms with Gasteiger partial charge in [-0.2, -0.15) is 0 Å². The summed E-state index contributed by atoms with van der Waals surface area (Å²) in [6.45, 7) is 0. The van der Waals surface area contributed by atoms with Crippen molar-refractivity contribution in [3.63, 3.8) is 0 Å². The van der Waals surface area contributed by atoms with Crippen LogP contribution in [0.25, 0.3) is 0 Å². The minimum atomic E-state index is 0. The lowest BCUT2D eigenvalue weighted by atomic mass is 10.0. The first-order valence-corrected chi connectivity index (χ1v) is 8.63. The van der Waals surface area contributed by atoms with Gasteiger partial charge < -0.3 is 4.90 Å². The Bertz CT molecular complexity index is 503. The molecule has 124 valence electrons. The second kappa shape index (κ2) is 9.10. The van der Waals surface area contributed by atoms with Gasteiger partial charge in [-0.15, -0.1) is 12.4 Å². The Labute approximate surface area is 147 Å². The molecule has 0 bridgehead atoms. The molecule has 2 aromatic rings. The average molecular weight is 330 g/mol. The Morgan fingerprint density at radius 3 is 1.52 bits per heavy atom. The van der Waals surface area contributed by atoms with Gasteiger partial charge in [0.1, 0.15) is 0 Å². The van der Waals surface area contributed by atoms with Crippen LogP contribution in [0.3, 0.4) is 0 Å². The van der Waals surface area contributed by atoms with Gasteiger partial charge in [-0.1, -0.05) is 60.7 Å². The number of hydrogen-bond donors (Lipinski definition) is 0. The van der Waals surface area contributed by atoms with Gasteiger partial charge in [0.15, 0.2) is 0 Å². The number of likely N-dealkylation sites (tertiary alicyclic amines) is 1. The normalized spacial score (nSPS) is 21.1. The molecule has 2 atom stereocenters. The van der Waals surface area contributed by atoms with Crippen molar-refractivity contribution in [2.75, 3.05) is 7.05 Å². The molecule has 0 N–H and O–H groups in total. The molecule has 1 fully saturated rings. The molecule has 0 saturated carbocycles. The van der Waals surface area contributed by atoms with Crippen LogP contribution < -0.4 is 0 Å². The van der Waals surface area contributed by atoms with Crippen LogP contribution in [0.1, 0.15) is 36.8 Å². The highest BCUT2D eigenvalue weighted by Crippen LogP contribution is 2.28. The van der Waals surface area contributed by atoms with Crippen molar-refractivity contribution < 1.29 is 0 Å². The second-order valence-corrected chi connectivity index (χ2v) is 6.60. The summed E-state index contributed by atoms with van der Waals surface area (Å²) < 4.78 is 0. The minimum absolute atomic E-state index is 0. The fourth-order valence-corrected chi connectivity index (χ4v) is 3.74. The van der Waals surface area contributed by atoms with Gasteiger partial charge in [0.2, 0.25) is 0 Å². The van der Waals surface area contributed by atoms with E-state index >= 15 is 0 Å². The van der Waals surface area contributed by atoms with Crippen molar-refractivity contribution in [3.8, 4) is 0 Å². The lowest BCUT2D eigenvalue weighted by Crippen LogP contribution is -2.32. The minimum Gasteiger partial charge on any atom is -0.300 e. The highest BCUT2D eigenvalue weighted by atomic mass is 35.5. The SMILES string of the molecule is CN1[C@H](CCc2ccccc2)CC[C@@H]1CCc1ccccc1.Cl. The molecule has 0 amide bonds. The Hall–Kier alpha value is -1.31. The molecule has 3 rings (SSSR count). The Morgan fingerprint density at radius 1 is 0.739 bits per heavy atom. The van der Waals surface area contributed by atoms with Crippen molar-refractivity contribution in [3.05, 3.63) is 71.8 Å². The van der Waals surface area contributed by atoms with E-state index in [-0.39, 0.29) is 12.4 Å². The third kappa shape index (κ3) is 5.09. The van der Waals surface area contributed by atoms with Gasteiger partial charge in [0, 0.05) is 12.1 Å². The topological polar surface area (TPSA) is 3.24 Å². The monoisotopic (exact) mass is 329 g/mol. The maximum Gasteiger partial charge on any atom is 0.00988 e. The summed E-state index contributed by atoms with van der Waals surface area (Å²) in [4.78, 5) is 2.64. The van der Waals surface area contributed by atoms with Crippen LogP contribution in [0.2, 0.25) is 0 Å². The lowest BCUT2D eigenvalue weighted by molar-refractivity contribution is 0.223. The highest BCUT2D eigenvalue weighted by Gasteiger charge is 2.29. The average Bonchev–Trinajstić information content (AvgIpc) is 2.93. The third-order valence-corrected chi connectivity index (χ3v) is 5.20. The van der Waals surface area contributed by atoms with Crippen LogP contribution in [-0.2, 0) is 12.8 Å². The first-order valence-electron chi connectivity index (χ1n) is 8.63. The van der Waals surface area contributed by atoms with Gasteiger partial charge in [-0.3, -0.25) is 0 Å². The van der Waals surface area contributed by atoms with Gasteiger partial charge in [-0.05, 0) is 56.7 Å². The molecule has 1 aliphatic rings. The van der Waals surface area contributed by atoms with Crippen LogP contribution in [0.15, 0.2) is 60.7 Å². The van der Waals surface area contributed by atoms with Crippen molar-refractivity contribution >= 4 is 12.4 Å². The van der Waals surface area contributed by atoms with Crippen LogP contribution >= 0.6 is 12.4 Å². The first-order chi connectivity index (χ1) is 10.8. The summed E-state index contributed by atoms with van der Waals surface area (Å²) in [7, 11) is 2.33. The zero-order chi connectivity index (χ0) is 15.2. The van der Waals surface area contributed by atoms with Gasteiger partial charge >= 0.3 is 0 Å². The Kier molecular flexibility index (Phi) is 7.14. The van der Waals surface area contributed by atoms with Gasteiger partial charge in [-0.25, -0.2) is 0 Å². The molecule has 2 aromatic carbocycles. The standard InChI is InChI=1S/C21H27N.ClH/c1-22-20(14-12-18-8-4-2-5-9-18)16-17-21(22)15-13-19-10-6-3-7-11-19;/h2-11,20-21H,12-17H2,1H3;1H/t20-,21+;. The fourth-order valence-electron chi connectivity index (χ4n) is 3.74. The van der Waals surface area contributed by atoms with E-state index in [2.05, 4.69) is 72.6 Å². The fraction of sp³-hybridized carbons (Fsp3) is 0.429. The van der Waals surface area contributed by atoms with Crippen LogP contribution in [0, 0.1) is 0 Å². The van der Waals surface area contributed by atoms with Crippen LogP contribution in [-0.4, -0.2) is 24.0 Å². The van der Waals surface area contributed by atoms with E-state index < -0.39 is 0 Å². The molecule has 1 nitrogen and oxygen atoms in total. The lowest BCUT2D eigenvalue weighted by Gasteiger charge is -2.26. The summed E-state index contributed by atoms with van der Waals surface area (Å²) in [5.74, 6) is 0. The van der Waals surface area contributed by atoms with E-state index in [1.165, 1.54) is 49.7 Å². The summed E-state index contributed by atoms with van der Waals surface area (Å²) in [5, 5.41) is 0. The molecular weight excluding hydrogens is 302 g/mol. The largest absolute Gasteiger partial charge is 0.300 e. The maximum atomic E-state index is 2.64. The van der Waals surface area contributed by atoms with Gasteiger partial charge in [0.05, 0.1) is 0 Å². The van der Waals surface area contributed by atoms with Crippen LogP contribution in [0.5, 0.6) is 0 Å². The molecule has 0 radical (unpaired) electrons. The predicted octanol–water partition coefficient (Wildman–Crippen LogP) is 5.14. The predicted molar refractivity (Wildman–Crippen MR) is 101 cm³/mol. The molecule has 1 heterocycles. The number of aryl methyl sites for hydroxylation is 2. The van der Waals surface area contributed by atoms with Crippen LogP contribution in [0.4, 0.5) is 0 Å². The quantitative estimate of drug-likeness (QED) is 0.709. The Morgan fingerprint density at radius 2 is 1.13 bits per heavy atom. The number of nitrogens with zero attached hydrogens (tertiary/aromatic N) is 1. The van der Waals surface area contributed by atoms with Gasteiger partial charge in [0.25, 0.3) is 0 Å². The zero-order valence-electron chi connectivity index (χ0n) is 14.0. The van der Waals surface area contributed by atoms with Crippen molar-refractivity contribution in [1.82, 2.24) is 4.90 Å². The van der Waals surface area contributed by atoms with E-state index in [0.29, 0.717) is 0 Å². The molecule has 1 saturated heterocycles. The molecule has 1 aliphatic heterocycles. The number of benzene rings is 2. The third-order valence-electron chi connectivity index (χ3n) is 5.20. The smallest absolute Gasteiger partial charge is 0.00988 e. The van der Waals surface area contributed by atoms with E-state index in [1.807, 2.05) is 0 Å². The summed E-state index contributed by atoms with van der Waals surface area (Å²) in [5.41, 5.74) is 2.95. The van der Waals surface area contributed by atoms with E-state index in [0.717, 1.165) is 12.1 Å². The molecule has 0 aromatic heterocycles. The van der Waals surface area contributed by atoms with E-state index in [1.54, 1.807) is 0 Å². The molecule has 0 aliphatic carbocycles.